The van der Waals surface area contributed by atoms with E-state index in [2.05, 4.69) is 13.2 Å². The minimum atomic E-state index is -1.14. The van der Waals surface area contributed by atoms with E-state index in [0.717, 1.165) is 24.8 Å². The molecule has 1 spiro atoms. The number of allylic oxidation sites excluding steroid dienone is 1. The number of amides is 2. The van der Waals surface area contributed by atoms with Crippen molar-refractivity contribution in [1.29, 1.82) is 0 Å². The molecule has 0 saturated carbocycles. The average molecular weight is 601 g/mol. The number of benzene rings is 1. The number of anilines is 1. The fraction of sp³-hybridized carbons (Fsp3) is 0.606. The molecule has 230 valence electrons. The van der Waals surface area contributed by atoms with E-state index in [0.29, 0.717) is 55.8 Å². The number of aliphatic hydroxyl groups is 1. The number of para-hydroxylation sites is 1. The van der Waals surface area contributed by atoms with Gasteiger partial charge < -0.3 is 24.4 Å². The van der Waals surface area contributed by atoms with Gasteiger partial charge in [-0.1, -0.05) is 55.7 Å². The molecule has 3 saturated heterocycles. The van der Waals surface area contributed by atoms with Gasteiger partial charge in [0.2, 0.25) is 5.91 Å². The van der Waals surface area contributed by atoms with E-state index in [1.807, 2.05) is 26.0 Å². The molecule has 0 aliphatic carbocycles. The number of halogens is 1. The predicted molar refractivity (Wildman–Crippen MR) is 163 cm³/mol. The van der Waals surface area contributed by atoms with Gasteiger partial charge >= 0.3 is 5.97 Å². The Hall–Kier alpha value is -2.68. The van der Waals surface area contributed by atoms with E-state index in [9.17, 15) is 19.5 Å². The van der Waals surface area contributed by atoms with Gasteiger partial charge in [0.1, 0.15) is 17.6 Å². The number of hydrogen-bond donors (Lipinski definition) is 1. The summed E-state index contributed by atoms with van der Waals surface area (Å²) in [7, 11) is 0. The van der Waals surface area contributed by atoms with Crippen LogP contribution in [0, 0.1) is 18.8 Å². The third-order valence-electron chi connectivity index (χ3n) is 9.31. The summed E-state index contributed by atoms with van der Waals surface area (Å²) in [5, 5.41) is 9.63. The lowest BCUT2D eigenvalue weighted by molar-refractivity contribution is -0.161. The molecule has 42 heavy (non-hydrogen) atoms. The van der Waals surface area contributed by atoms with Crippen LogP contribution in [0.2, 0.25) is 5.02 Å². The number of ether oxygens (including phenoxy) is 2. The minimum absolute atomic E-state index is 0.117. The highest BCUT2D eigenvalue weighted by molar-refractivity contribution is 6.34. The number of aryl methyl sites for hydroxylation is 1. The monoisotopic (exact) mass is 600 g/mol. The van der Waals surface area contributed by atoms with Gasteiger partial charge in [0.15, 0.2) is 0 Å². The van der Waals surface area contributed by atoms with Gasteiger partial charge in [-0.05, 0) is 63.5 Å². The number of likely N-dealkylation sites (tertiary alicyclic amines) is 1. The van der Waals surface area contributed by atoms with E-state index >= 15 is 0 Å². The molecule has 1 aromatic rings. The van der Waals surface area contributed by atoms with Gasteiger partial charge in [0, 0.05) is 19.7 Å². The van der Waals surface area contributed by atoms with Crippen molar-refractivity contribution in [1.82, 2.24) is 4.90 Å². The quantitative estimate of drug-likeness (QED) is 0.155. The molecule has 3 aliphatic rings. The highest BCUT2D eigenvalue weighted by atomic mass is 35.5. The number of carbonyl (C=O) groups excluding carboxylic acids is 3. The summed E-state index contributed by atoms with van der Waals surface area (Å²) in [6.45, 7) is 12.4. The lowest BCUT2D eigenvalue weighted by Gasteiger charge is -2.37. The first-order valence-corrected chi connectivity index (χ1v) is 15.7. The van der Waals surface area contributed by atoms with Crippen molar-refractivity contribution >= 4 is 35.1 Å². The number of hydrogen-bond acceptors (Lipinski definition) is 6. The normalized spacial score (nSPS) is 27.7. The number of unbranched alkanes of at least 4 members (excludes halogenated alkanes) is 4. The molecule has 3 heterocycles. The van der Waals surface area contributed by atoms with Gasteiger partial charge in [-0.3, -0.25) is 14.4 Å². The van der Waals surface area contributed by atoms with Gasteiger partial charge in [0.25, 0.3) is 5.91 Å². The second kappa shape index (κ2) is 13.7. The molecule has 0 aromatic heterocycles. The molecule has 3 aliphatic heterocycles. The summed E-state index contributed by atoms with van der Waals surface area (Å²) in [5.74, 6) is -2.53. The SMILES string of the molecule is C=CCCCOC(=O)[C@H]1[C@H]2C(=O)N(CCCCCCO)C(C(=O)N(CC=C)c3c(C)cccc3Cl)C23CC[C@]1(CC)O3. The van der Waals surface area contributed by atoms with Crippen LogP contribution in [0.4, 0.5) is 5.69 Å². The first-order valence-electron chi connectivity index (χ1n) is 15.3. The molecule has 9 heteroatoms. The number of rotatable bonds is 16. The number of esters is 1. The van der Waals surface area contributed by atoms with Crippen LogP contribution in [-0.2, 0) is 23.9 Å². The molecule has 2 bridgehead atoms. The van der Waals surface area contributed by atoms with Crippen molar-refractivity contribution in [2.75, 3.05) is 31.2 Å². The maximum absolute atomic E-state index is 14.8. The van der Waals surface area contributed by atoms with Crippen molar-refractivity contribution in [2.45, 2.75) is 88.9 Å². The second-order valence-corrected chi connectivity index (χ2v) is 12.2. The molecule has 2 unspecified atom stereocenters. The zero-order valence-corrected chi connectivity index (χ0v) is 25.7. The van der Waals surface area contributed by atoms with Crippen LogP contribution in [0.15, 0.2) is 43.5 Å². The van der Waals surface area contributed by atoms with Crippen LogP contribution in [0.25, 0.3) is 0 Å². The van der Waals surface area contributed by atoms with Crippen molar-refractivity contribution < 1.29 is 29.0 Å². The lowest BCUT2D eigenvalue weighted by Crippen LogP contribution is -2.56. The molecule has 5 atom stereocenters. The van der Waals surface area contributed by atoms with Crippen LogP contribution in [-0.4, -0.2) is 71.3 Å². The molecule has 0 radical (unpaired) electrons. The van der Waals surface area contributed by atoms with Crippen LogP contribution in [0.5, 0.6) is 0 Å². The summed E-state index contributed by atoms with van der Waals surface area (Å²) in [5.41, 5.74) is -0.593. The van der Waals surface area contributed by atoms with Crippen molar-refractivity contribution in [2.24, 2.45) is 11.8 Å². The predicted octanol–water partition coefficient (Wildman–Crippen LogP) is 5.38. The number of nitrogens with zero attached hydrogens (tertiary/aromatic N) is 2. The number of carbonyl (C=O) groups is 3. The first kappa shape index (κ1) is 32.2. The van der Waals surface area contributed by atoms with Crippen molar-refractivity contribution in [3.63, 3.8) is 0 Å². The van der Waals surface area contributed by atoms with Crippen molar-refractivity contribution in [3.05, 3.63) is 54.1 Å². The molecular formula is C33H45ClN2O6. The first-order chi connectivity index (χ1) is 20.2. The molecule has 4 rings (SSSR count). The maximum atomic E-state index is 14.8. The third kappa shape index (κ3) is 5.65. The van der Waals surface area contributed by atoms with Crippen LogP contribution >= 0.6 is 11.6 Å². The fourth-order valence-electron chi connectivity index (χ4n) is 7.37. The minimum Gasteiger partial charge on any atom is -0.465 e. The van der Waals surface area contributed by atoms with Gasteiger partial charge in [-0.2, -0.15) is 0 Å². The molecule has 3 fully saturated rings. The smallest absolute Gasteiger partial charge is 0.312 e. The molecular weight excluding hydrogens is 556 g/mol. The molecule has 1 N–H and O–H groups in total. The van der Waals surface area contributed by atoms with E-state index in [-0.39, 0.29) is 31.6 Å². The summed E-state index contributed by atoms with van der Waals surface area (Å²) in [6, 6.07) is 4.56. The summed E-state index contributed by atoms with van der Waals surface area (Å²) in [6.07, 6.45) is 9.38. The van der Waals surface area contributed by atoms with Crippen LogP contribution < -0.4 is 4.90 Å². The van der Waals surface area contributed by atoms with E-state index in [4.69, 9.17) is 21.1 Å². The van der Waals surface area contributed by atoms with Crippen molar-refractivity contribution in [3.8, 4) is 0 Å². The Morgan fingerprint density at radius 3 is 2.62 bits per heavy atom. The summed E-state index contributed by atoms with van der Waals surface area (Å²) >= 11 is 6.65. The molecule has 2 amide bonds. The largest absolute Gasteiger partial charge is 0.465 e. The van der Waals surface area contributed by atoms with Crippen LogP contribution in [0.1, 0.15) is 70.3 Å². The van der Waals surface area contributed by atoms with E-state index in [1.165, 1.54) is 0 Å². The standard InChI is InChI=1S/C33H45ClN2O6/c1-5-8-13-22-41-31(40)26-25-29(38)36(20-11-9-10-12-21-37)28(33(25)18-17-32(26,7-3)42-33)30(39)35(19-6-2)27-23(4)15-14-16-24(27)34/h5-6,14-16,25-26,28,37H,1-2,7-13,17-22H2,3-4H3/t25-,26+,28?,32-,33?/m0/s1. The summed E-state index contributed by atoms with van der Waals surface area (Å²) < 4.78 is 12.6. The topological polar surface area (TPSA) is 96.4 Å². The zero-order chi connectivity index (χ0) is 30.5. The lowest BCUT2D eigenvalue weighted by atomic mass is 9.65. The van der Waals surface area contributed by atoms with Gasteiger partial charge in [0.05, 0.1) is 28.8 Å². The fourth-order valence-corrected chi connectivity index (χ4v) is 7.69. The van der Waals surface area contributed by atoms with Gasteiger partial charge in [-0.25, -0.2) is 0 Å². The highest BCUT2D eigenvalue weighted by Gasteiger charge is 2.79. The zero-order valence-electron chi connectivity index (χ0n) is 25.0. The second-order valence-electron chi connectivity index (χ2n) is 11.7. The Bertz CT molecular complexity index is 1170. The van der Waals surface area contributed by atoms with E-state index in [1.54, 1.807) is 28.0 Å². The highest BCUT2D eigenvalue weighted by Crippen LogP contribution is 2.64. The number of fused-ring (bicyclic) bond motifs is 1. The molecule has 1 aromatic carbocycles. The third-order valence-corrected chi connectivity index (χ3v) is 9.61. The number of aliphatic hydroxyl groups excluding tert-OH is 1. The summed E-state index contributed by atoms with van der Waals surface area (Å²) in [4.78, 5) is 46.0. The Morgan fingerprint density at radius 1 is 1.19 bits per heavy atom. The van der Waals surface area contributed by atoms with Crippen LogP contribution in [0.3, 0.4) is 0 Å². The Labute approximate surface area is 254 Å². The Morgan fingerprint density at radius 2 is 1.95 bits per heavy atom. The molecule has 8 nitrogen and oxygen atoms in total. The average Bonchev–Trinajstić information content (AvgIpc) is 3.58. The Kier molecular flexibility index (Phi) is 10.5. The van der Waals surface area contributed by atoms with E-state index < -0.39 is 35.0 Å². The van der Waals surface area contributed by atoms with Gasteiger partial charge in [-0.15, -0.1) is 13.2 Å². The Balaban J connectivity index is 1.75. The maximum Gasteiger partial charge on any atom is 0.312 e.